The number of pyridine rings is 1. The monoisotopic (exact) mass is 385 g/mol. The Morgan fingerprint density at radius 3 is 2.46 bits per heavy atom. The van der Waals surface area contributed by atoms with Gasteiger partial charge in [0.1, 0.15) is 6.04 Å². The lowest BCUT2D eigenvalue weighted by Gasteiger charge is -2.52. The van der Waals surface area contributed by atoms with Crippen molar-refractivity contribution in [3.63, 3.8) is 0 Å². The normalized spacial score (nSPS) is 25.0. The number of piperidine rings is 2. The number of aromatic nitrogens is 1. The summed E-state index contributed by atoms with van der Waals surface area (Å²) < 4.78 is 5.63. The Hall–Kier alpha value is -1.95. The zero-order valence-electron chi connectivity index (χ0n) is 16.9. The van der Waals surface area contributed by atoms with E-state index in [1.54, 1.807) is 6.20 Å². The Balaban J connectivity index is 1.66. The molecule has 3 fully saturated rings. The summed E-state index contributed by atoms with van der Waals surface area (Å²) in [4.78, 5) is 35.3. The first-order valence-corrected chi connectivity index (χ1v) is 10.7. The number of likely N-dealkylation sites (tertiary alicyclic amines) is 2. The van der Waals surface area contributed by atoms with E-state index in [0.29, 0.717) is 25.3 Å². The third kappa shape index (κ3) is 3.66. The lowest BCUT2D eigenvalue weighted by molar-refractivity contribution is -0.149. The molecular formula is C22H31N3O3. The smallest absolute Gasteiger partial charge is 0.256 e. The molecule has 152 valence electrons. The number of amides is 2. The highest BCUT2D eigenvalue weighted by atomic mass is 16.5. The van der Waals surface area contributed by atoms with Crippen molar-refractivity contribution in [3.05, 3.63) is 29.6 Å². The number of hydrogen-bond donors (Lipinski definition) is 0. The first-order chi connectivity index (χ1) is 13.6. The van der Waals surface area contributed by atoms with Crippen LogP contribution in [0.15, 0.2) is 18.3 Å². The van der Waals surface area contributed by atoms with Gasteiger partial charge in [0.05, 0.1) is 5.56 Å². The van der Waals surface area contributed by atoms with Gasteiger partial charge < -0.3 is 14.5 Å². The molecule has 28 heavy (non-hydrogen) atoms. The topological polar surface area (TPSA) is 62.7 Å². The molecule has 4 heterocycles. The molecule has 3 aliphatic rings. The minimum absolute atomic E-state index is 0.0616. The average molecular weight is 386 g/mol. The fraction of sp³-hybridized carbons (Fsp3) is 0.682. The predicted octanol–water partition coefficient (Wildman–Crippen LogP) is 2.80. The summed E-state index contributed by atoms with van der Waals surface area (Å²) in [5.74, 6) is 0.0862. The number of aryl methyl sites for hydroxylation is 1. The molecule has 0 bridgehead atoms. The van der Waals surface area contributed by atoms with Gasteiger partial charge in [-0.1, -0.05) is 0 Å². The predicted molar refractivity (Wildman–Crippen MR) is 106 cm³/mol. The maximum Gasteiger partial charge on any atom is 0.256 e. The molecule has 3 aliphatic heterocycles. The largest absolute Gasteiger partial charge is 0.381 e. The molecule has 1 atom stereocenters. The molecule has 6 heteroatoms. The lowest BCUT2D eigenvalue weighted by Crippen LogP contribution is -2.63. The second-order valence-corrected chi connectivity index (χ2v) is 8.55. The Morgan fingerprint density at radius 2 is 1.79 bits per heavy atom. The molecule has 0 N–H and O–H groups in total. The SMILES string of the molecule is Cc1ccc(C(=O)N2CCCC3(CCOCC3)C2C(=O)N2CCCCC2)cn1. The highest BCUT2D eigenvalue weighted by Crippen LogP contribution is 2.45. The van der Waals surface area contributed by atoms with E-state index >= 15 is 0 Å². The first kappa shape index (κ1) is 19.4. The van der Waals surface area contributed by atoms with Crippen molar-refractivity contribution >= 4 is 11.8 Å². The lowest BCUT2D eigenvalue weighted by atomic mass is 9.67. The van der Waals surface area contributed by atoms with E-state index in [9.17, 15) is 9.59 Å². The summed E-state index contributed by atoms with van der Waals surface area (Å²) in [6.07, 6.45) is 8.59. The molecule has 0 aliphatic carbocycles. The van der Waals surface area contributed by atoms with Gasteiger partial charge in [0.25, 0.3) is 5.91 Å². The van der Waals surface area contributed by atoms with E-state index in [4.69, 9.17) is 4.74 Å². The third-order valence-electron chi connectivity index (χ3n) is 6.77. The van der Waals surface area contributed by atoms with Gasteiger partial charge in [0.15, 0.2) is 0 Å². The standard InChI is InChI=1S/C22H31N3O3/c1-17-6-7-18(16-23-17)20(26)25-13-5-8-22(9-14-28-15-10-22)19(25)21(27)24-11-3-2-4-12-24/h6-7,16,19H,2-5,8-15H2,1H3. The third-order valence-corrected chi connectivity index (χ3v) is 6.77. The van der Waals surface area contributed by atoms with Gasteiger partial charge >= 0.3 is 0 Å². The van der Waals surface area contributed by atoms with Crippen LogP contribution in [0.5, 0.6) is 0 Å². The summed E-state index contributed by atoms with van der Waals surface area (Å²) in [6, 6.07) is 3.32. The second kappa shape index (κ2) is 8.19. The van der Waals surface area contributed by atoms with E-state index in [1.807, 2.05) is 28.9 Å². The van der Waals surface area contributed by atoms with Crippen LogP contribution in [0.2, 0.25) is 0 Å². The van der Waals surface area contributed by atoms with Crippen molar-refractivity contribution in [3.8, 4) is 0 Å². The highest BCUT2D eigenvalue weighted by Gasteiger charge is 2.51. The Kier molecular flexibility index (Phi) is 5.67. The number of nitrogens with zero attached hydrogens (tertiary/aromatic N) is 3. The van der Waals surface area contributed by atoms with Gasteiger partial charge in [-0.3, -0.25) is 14.6 Å². The van der Waals surface area contributed by atoms with Gasteiger partial charge in [-0.05, 0) is 64.0 Å². The quantitative estimate of drug-likeness (QED) is 0.785. The van der Waals surface area contributed by atoms with Gasteiger partial charge in [0, 0.05) is 50.2 Å². The van der Waals surface area contributed by atoms with Crippen LogP contribution in [0, 0.1) is 12.3 Å². The van der Waals surface area contributed by atoms with E-state index in [2.05, 4.69) is 4.98 Å². The molecule has 0 saturated carbocycles. The molecule has 1 aromatic heterocycles. The maximum atomic E-state index is 13.7. The number of rotatable bonds is 2. The van der Waals surface area contributed by atoms with Gasteiger partial charge in [-0.2, -0.15) is 0 Å². The minimum atomic E-state index is -0.378. The van der Waals surface area contributed by atoms with Crippen molar-refractivity contribution in [2.75, 3.05) is 32.8 Å². The molecule has 3 saturated heterocycles. The summed E-state index contributed by atoms with van der Waals surface area (Å²) >= 11 is 0. The molecule has 0 aromatic carbocycles. The van der Waals surface area contributed by atoms with Crippen LogP contribution in [-0.2, 0) is 9.53 Å². The molecule has 1 aromatic rings. The number of carbonyl (C=O) groups is 2. The van der Waals surface area contributed by atoms with Crippen molar-refractivity contribution < 1.29 is 14.3 Å². The summed E-state index contributed by atoms with van der Waals surface area (Å²) in [5.41, 5.74) is 1.31. The zero-order valence-corrected chi connectivity index (χ0v) is 16.9. The van der Waals surface area contributed by atoms with Crippen molar-refractivity contribution in [1.29, 1.82) is 0 Å². The van der Waals surface area contributed by atoms with Crippen LogP contribution < -0.4 is 0 Å². The molecule has 4 rings (SSSR count). The first-order valence-electron chi connectivity index (χ1n) is 10.7. The number of hydrogen-bond acceptors (Lipinski definition) is 4. The minimum Gasteiger partial charge on any atom is -0.381 e. The molecule has 0 radical (unpaired) electrons. The fourth-order valence-electron chi connectivity index (χ4n) is 5.16. The van der Waals surface area contributed by atoms with Crippen molar-refractivity contribution in [1.82, 2.24) is 14.8 Å². The summed E-state index contributed by atoms with van der Waals surface area (Å²) in [6.45, 7) is 5.54. The van der Waals surface area contributed by atoms with Crippen LogP contribution in [0.3, 0.4) is 0 Å². The molecule has 1 spiro atoms. The highest BCUT2D eigenvalue weighted by molar-refractivity contribution is 5.98. The van der Waals surface area contributed by atoms with Gasteiger partial charge in [0.2, 0.25) is 5.91 Å². The number of ether oxygens (including phenoxy) is 1. The van der Waals surface area contributed by atoms with Crippen LogP contribution >= 0.6 is 0 Å². The fourth-order valence-corrected chi connectivity index (χ4v) is 5.16. The Bertz CT molecular complexity index is 701. The molecule has 6 nitrogen and oxygen atoms in total. The van der Waals surface area contributed by atoms with Crippen LogP contribution in [-0.4, -0.2) is 65.5 Å². The molecular weight excluding hydrogens is 354 g/mol. The van der Waals surface area contributed by atoms with E-state index < -0.39 is 0 Å². The molecule has 1 unspecified atom stereocenters. The van der Waals surface area contributed by atoms with Gasteiger partial charge in [-0.15, -0.1) is 0 Å². The van der Waals surface area contributed by atoms with Gasteiger partial charge in [-0.25, -0.2) is 0 Å². The molecule has 2 amide bonds. The van der Waals surface area contributed by atoms with E-state index in [0.717, 1.165) is 57.3 Å². The van der Waals surface area contributed by atoms with Crippen LogP contribution in [0.1, 0.15) is 61.0 Å². The zero-order chi connectivity index (χ0) is 19.6. The van der Waals surface area contributed by atoms with Crippen molar-refractivity contribution in [2.45, 2.75) is 57.9 Å². The number of carbonyl (C=O) groups excluding carboxylic acids is 2. The van der Waals surface area contributed by atoms with E-state index in [1.165, 1.54) is 6.42 Å². The van der Waals surface area contributed by atoms with Crippen molar-refractivity contribution in [2.24, 2.45) is 5.41 Å². The Labute approximate surface area is 167 Å². The summed E-state index contributed by atoms with van der Waals surface area (Å²) in [7, 11) is 0. The Morgan fingerprint density at radius 1 is 1.04 bits per heavy atom. The van der Waals surface area contributed by atoms with Crippen LogP contribution in [0.25, 0.3) is 0 Å². The van der Waals surface area contributed by atoms with E-state index in [-0.39, 0.29) is 23.3 Å². The summed E-state index contributed by atoms with van der Waals surface area (Å²) in [5, 5.41) is 0. The van der Waals surface area contributed by atoms with Crippen LogP contribution in [0.4, 0.5) is 0 Å². The maximum absolute atomic E-state index is 13.7. The second-order valence-electron chi connectivity index (χ2n) is 8.55. The average Bonchev–Trinajstić information content (AvgIpc) is 2.74.